The molecular formula is C17H18N2O5S2. The van der Waals surface area contributed by atoms with Crippen LogP contribution in [0.5, 0.6) is 0 Å². The lowest BCUT2D eigenvalue weighted by atomic mass is 10.2. The standard InChI is InChI=1S/C17H18N2O5S2/c1-13-3-8-16(9-4-13)26(23,24)19-17(20)12-7-14-5-10-15(11-6-14)25(21,22)18-2/h3-12,18H,1-2H3,(H,19,20)/b12-7+. The number of carbonyl (C=O) groups excluding carboxylic acids is 1. The van der Waals surface area contributed by atoms with Crippen LogP contribution < -0.4 is 9.44 Å². The van der Waals surface area contributed by atoms with E-state index in [4.69, 9.17) is 0 Å². The molecule has 26 heavy (non-hydrogen) atoms. The van der Waals surface area contributed by atoms with Crippen molar-refractivity contribution < 1.29 is 21.6 Å². The summed E-state index contributed by atoms with van der Waals surface area (Å²) in [5, 5.41) is 0. The SMILES string of the molecule is CNS(=O)(=O)c1ccc(/C=C/C(=O)NS(=O)(=O)c2ccc(C)cc2)cc1. The van der Waals surface area contributed by atoms with E-state index in [-0.39, 0.29) is 9.79 Å². The highest BCUT2D eigenvalue weighted by atomic mass is 32.2. The summed E-state index contributed by atoms with van der Waals surface area (Å²) in [4.78, 5) is 11.9. The van der Waals surface area contributed by atoms with E-state index in [9.17, 15) is 21.6 Å². The van der Waals surface area contributed by atoms with E-state index in [2.05, 4.69) is 4.72 Å². The van der Waals surface area contributed by atoms with Crippen LogP contribution in [0.4, 0.5) is 0 Å². The third kappa shape index (κ3) is 5.01. The van der Waals surface area contributed by atoms with Crippen molar-refractivity contribution >= 4 is 32.0 Å². The summed E-state index contributed by atoms with van der Waals surface area (Å²) < 4.78 is 51.6. The second kappa shape index (κ2) is 7.81. The highest BCUT2D eigenvalue weighted by molar-refractivity contribution is 7.90. The number of carbonyl (C=O) groups is 1. The Hall–Kier alpha value is -2.49. The van der Waals surface area contributed by atoms with Gasteiger partial charge < -0.3 is 0 Å². The number of aryl methyl sites for hydroxylation is 1. The fourth-order valence-electron chi connectivity index (χ4n) is 1.99. The van der Waals surface area contributed by atoms with Crippen molar-refractivity contribution in [3.63, 3.8) is 0 Å². The summed E-state index contributed by atoms with van der Waals surface area (Å²) in [6.07, 6.45) is 2.45. The van der Waals surface area contributed by atoms with Gasteiger partial charge in [-0.3, -0.25) is 4.79 Å². The fourth-order valence-corrected chi connectivity index (χ4v) is 3.67. The van der Waals surface area contributed by atoms with Crippen LogP contribution in [-0.4, -0.2) is 29.8 Å². The molecule has 2 aromatic rings. The molecule has 2 N–H and O–H groups in total. The summed E-state index contributed by atoms with van der Waals surface area (Å²) in [5.74, 6) is -0.808. The lowest BCUT2D eigenvalue weighted by molar-refractivity contribution is -0.114. The Morgan fingerprint density at radius 2 is 1.35 bits per heavy atom. The Morgan fingerprint density at radius 1 is 0.846 bits per heavy atom. The Morgan fingerprint density at radius 3 is 1.88 bits per heavy atom. The van der Waals surface area contributed by atoms with Crippen molar-refractivity contribution in [1.29, 1.82) is 0 Å². The molecule has 0 bridgehead atoms. The van der Waals surface area contributed by atoms with E-state index in [1.165, 1.54) is 49.5 Å². The lowest BCUT2D eigenvalue weighted by Gasteiger charge is -2.05. The number of sulfonamides is 2. The first-order valence-electron chi connectivity index (χ1n) is 7.49. The van der Waals surface area contributed by atoms with Gasteiger partial charge in [-0.15, -0.1) is 0 Å². The highest BCUT2D eigenvalue weighted by Gasteiger charge is 2.15. The maximum absolute atomic E-state index is 12.1. The summed E-state index contributed by atoms with van der Waals surface area (Å²) in [7, 11) is -6.18. The van der Waals surface area contributed by atoms with Crippen LogP contribution >= 0.6 is 0 Å². The summed E-state index contributed by atoms with van der Waals surface area (Å²) in [5.41, 5.74) is 1.45. The minimum absolute atomic E-state index is 0.00789. The minimum Gasteiger partial charge on any atom is -0.269 e. The van der Waals surface area contributed by atoms with Crippen LogP contribution in [0.3, 0.4) is 0 Å². The van der Waals surface area contributed by atoms with Gasteiger partial charge in [0, 0.05) is 6.08 Å². The second-order valence-corrected chi connectivity index (χ2v) is 8.96. The molecule has 7 nitrogen and oxygen atoms in total. The first-order chi connectivity index (χ1) is 12.1. The number of nitrogens with one attached hydrogen (secondary N) is 2. The molecule has 0 aliphatic carbocycles. The molecule has 0 aliphatic rings. The maximum atomic E-state index is 12.1. The summed E-state index contributed by atoms with van der Waals surface area (Å²) in [6.45, 7) is 1.82. The Labute approximate surface area is 152 Å². The highest BCUT2D eigenvalue weighted by Crippen LogP contribution is 2.12. The molecule has 0 saturated heterocycles. The average Bonchev–Trinajstić information content (AvgIpc) is 2.60. The second-order valence-electron chi connectivity index (χ2n) is 5.39. The van der Waals surface area contributed by atoms with Crippen LogP contribution in [-0.2, 0) is 24.8 Å². The van der Waals surface area contributed by atoms with Gasteiger partial charge in [-0.25, -0.2) is 26.3 Å². The summed E-state index contributed by atoms with van der Waals surface area (Å²) in [6, 6.07) is 11.9. The topological polar surface area (TPSA) is 109 Å². The molecule has 0 heterocycles. The first kappa shape index (κ1) is 19.8. The van der Waals surface area contributed by atoms with Crippen molar-refractivity contribution in [2.24, 2.45) is 0 Å². The number of hydrogen-bond donors (Lipinski definition) is 2. The van der Waals surface area contributed by atoms with Crippen molar-refractivity contribution in [2.45, 2.75) is 16.7 Å². The Bertz CT molecular complexity index is 1020. The smallest absolute Gasteiger partial charge is 0.264 e. The lowest BCUT2D eigenvalue weighted by Crippen LogP contribution is -2.28. The van der Waals surface area contributed by atoms with Gasteiger partial charge in [0.15, 0.2) is 0 Å². The zero-order valence-electron chi connectivity index (χ0n) is 14.1. The molecular weight excluding hydrogens is 376 g/mol. The molecule has 2 aromatic carbocycles. The molecule has 1 amide bonds. The van der Waals surface area contributed by atoms with Crippen LogP contribution in [0.2, 0.25) is 0 Å². The fraction of sp³-hybridized carbons (Fsp3) is 0.118. The van der Waals surface area contributed by atoms with Crippen LogP contribution in [0.15, 0.2) is 64.4 Å². The number of benzene rings is 2. The molecule has 2 rings (SSSR count). The zero-order chi connectivity index (χ0) is 19.4. The number of hydrogen-bond acceptors (Lipinski definition) is 5. The summed E-state index contributed by atoms with van der Waals surface area (Å²) >= 11 is 0. The molecule has 9 heteroatoms. The Kier molecular flexibility index (Phi) is 5.96. The predicted octanol–water partition coefficient (Wildman–Crippen LogP) is 1.42. The van der Waals surface area contributed by atoms with Crippen molar-refractivity contribution in [3.8, 4) is 0 Å². The Balaban J connectivity index is 2.08. The molecule has 0 atom stereocenters. The molecule has 0 unspecified atom stereocenters. The van der Waals surface area contributed by atoms with Gasteiger partial charge in [0.2, 0.25) is 10.0 Å². The van der Waals surface area contributed by atoms with Gasteiger partial charge in [-0.2, -0.15) is 0 Å². The average molecular weight is 394 g/mol. The van der Waals surface area contributed by atoms with Crippen LogP contribution in [0.25, 0.3) is 6.08 Å². The van der Waals surface area contributed by atoms with Crippen LogP contribution in [0, 0.1) is 6.92 Å². The zero-order valence-corrected chi connectivity index (χ0v) is 15.8. The normalized spacial score (nSPS) is 12.2. The predicted molar refractivity (Wildman–Crippen MR) is 98.2 cm³/mol. The van der Waals surface area contributed by atoms with E-state index in [1.54, 1.807) is 12.1 Å². The maximum Gasteiger partial charge on any atom is 0.264 e. The van der Waals surface area contributed by atoms with Crippen LogP contribution in [0.1, 0.15) is 11.1 Å². The molecule has 0 aliphatic heterocycles. The molecule has 0 radical (unpaired) electrons. The number of rotatable bonds is 6. The third-order valence-corrected chi connectivity index (χ3v) is 6.25. The van der Waals surface area contributed by atoms with Gasteiger partial charge >= 0.3 is 0 Å². The van der Waals surface area contributed by atoms with Crippen molar-refractivity contribution in [2.75, 3.05) is 7.05 Å². The number of amides is 1. The van der Waals surface area contributed by atoms with E-state index in [0.29, 0.717) is 5.56 Å². The van der Waals surface area contributed by atoms with Gasteiger partial charge in [-0.1, -0.05) is 29.8 Å². The van der Waals surface area contributed by atoms with Gasteiger partial charge in [0.1, 0.15) is 0 Å². The van der Waals surface area contributed by atoms with E-state index < -0.39 is 26.0 Å². The molecule has 138 valence electrons. The minimum atomic E-state index is -3.95. The third-order valence-electron chi connectivity index (χ3n) is 3.45. The van der Waals surface area contributed by atoms with Crippen molar-refractivity contribution in [1.82, 2.24) is 9.44 Å². The van der Waals surface area contributed by atoms with E-state index in [0.717, 1.165) is 11.6 Å². The van der Waals surface area contributed by atoms with Gasteiger partial charge in [-0.05, 0) is 49.9 Å². The van der Waals surface area contributed by atoms with Gasteiger partial charge in [0.25, 0.3) is 15.9 Å². The quantitative estimate of drug-likeness (QED) is 0.720. The van der Waals surface area contributed by atoms with Gasteiger partial charge in [0.05, 0.1) is 9.79 Å². The largest absolute Gasteiger partial charge is 0.269 e. The molecule has 0 aromatic heterocycles. The monoisotopic (exact) mass is 394 g/mol. The first-order valence-corrected chi connectivity index (χ1v) is 10.5. The van der Waals surface area contributed by atoms with Crippen molar-refractivity contribution in [3.05, 3.63) is 65.7 Å². The van der Waals surface area contributed by atoms with E-state index in [1.807, 2.05) is 11.6 Å². The molecule has 0 spiro atoms. The molecule has 0 fully saturated rings. The van der Waals surface area contributed by atoms with E-state index >= 15 is 0 Å². The molecule has 0 saturated carbocycles.